The van der Waals surface area contributed by atoms with Crippen LogP contribution in [0.5, 0.6) is 0 Å². The van der Waals surface area contributed by atoms with Gasteiger partial charge in [0.25, 0.3) is 0 Å². The molecule has 1 radical (unpaired) electrons. The highest BCUT2D eigenvalue weighted by atomic mass is 28.3. The van der Waals surface area contributed by atoms with Crippen LogP contribution in [-0.2, 0) is 0 Å². The fourth-order valence-electron chi connectivity index (χ4n) is 0. The van der Waals surface area contributed by atoms with E-state index in [1.807, 2.05) is 13.1 Å². The SMILES string of the molecule is C=C(O)[Si](C)C. The Bertz CT molecular complexity index is 58.6. The lowest BCUT2D eigenvalue weighted by Gasteiger charge is -1.93. The van der Waals surface area contributed by atoms with Crippen LogP contribution in [0.3, 0.4) is 0 Å². The summed E-state index contributed by atoms with van der Waals surface area (Å²) in [6.45, 7) is 7.34. The van der Waals surface area contributed by atoms with E-state index in [0.29, 0.717) is 5.38 Å². The van der Waals surface area contributed by atoms with Crippen molar-refractivity contribution in [1.82, 2.24) is 0 Å². The van der Waals surface area contributed by atoms with Gasteiger partial charge in [-0.3, -0.25) is 0 Å². The van der Waals surface area contributed by atoms with Crippen molar-refractivity contribution in [3.63, 3.8) is 0 Å². The molecule has 1 N–H and O–H groups in total. The van der Waals surface area contributed by atoms with E-state index in [1.165, 1.54) is 0 Å². The third-order valence-corrected chi connectivity index (χ3v) is 1.73. The second kappa shape index (κ2) is 2.03. The molecule has 6 heavy (non-hydrogen) atoms. The van der Waals surface area contributed by atoms with E-state index in [2.05, 4.69) is 6.58 Å². The van der Waals surface area contributed by atoms with E-state index >= 15 is 0 Å². The Morgan fingerprint density at radius 1 is 1.67 bits per heavy atom. The van der Waals surface area contributed by atoms with Crippen LogP contribution >= 0.6 is 0 Å². The molecule has 0 aliphatic heterocycles. The second-order valence-corrected chi connectivity index (χ2v) is 4.02. The molecule has 35 valence electrons. The van der Waals surface area contributed by atoms with Crippen molar-refractivity contribution in [2.45, 2.75) is 13.1 Å². The van der Waals surface area contributed by atoms with Crippen molar-refractivity contribution in [1.29, 1.82) is 0 Å². The van der Waals surface area contributed by atoms with Crippen molar-refractivity contribution < 1.29 is 5.11 Å². The van der Waals surface area contributed by atoms with Gasteiger partial charge in [-0.25, -0.2) is 0 Å². The Hall–Kier alpha value is -0.243. The van der Waals surface area contributed by atoms with Gasteiger partial charge in [0.2, 0.25) is 0 Å². The van der Waals surface area contributed by atoms with E-state index < -0.39 is 8.80 Å². The highest BCUT2D eigenvalue weighted by molar-refractivity contribution is 6.62. The molecule has 0 saturated carbocycles. The fourth-order valence-corrected chi connectivity index (χ4v) is 0. The van der Waals surface area contributed by atoms with Crippen molar-refractivity contribution in [2.75, 3.05) is 0 Å². The number of aliphatic hydroxyl groups is 1. The molecule has 0 aliphatic rings. The van der Waals surface area contributed by atoms with E-state index in [4.69, 9.17) is 5.11 Å². The molecule has 0 saturated heterocycles. The molecule has 0 atom stereocenters. The van der Waals surface area contributed by atoms with Crippen molar-refractivity contribution in [2.24, 2.45) is 0 Å². The summed E-state index contributed by atoms with van der Waals surface area (Å²) in [6, 6.07) is 0. The van der Waals surface area contributed by atoms with Gasteiger partial charge in [0.05, 0.1) is 5.38 Å². The van der Waals surface area contributed by atoms with Crippen LogP contribution < -0.4 is 0 Å². The molecule has 0 aromatic carbocycles. The zero-order chi connectivity index (χ0) is 5.15. The monoisotopic (exact) mass is 101 g/mol. The predicted molar refractivity (Wildman–Crippen MR) is 29.3 cm³/mol. The molecule has 0 unspecified atom stereocenters. The molecule has 0 aromatic heterocycles. The molecular weight excluding hydrogens is 92.1 g/mol. The van der Waals surface area contributed by atoms with Gasteiger partial charge >= 0.3 is 0 Å². The van der Waals surface area contributed by atoms with Crippen LogP contribution in [0.2, 0.25) is 13.1 Å². The Morgan fingerprint density at radius 3 is 1.83 bits per heavy atom. The first-order valence-corrected chi connectivity index (χ1v) is 4.33. The molecule has 0 aliphatic carbocycles. The topological polar surface area (TPSA) is 20.2 Å². The molecule has 0 heterocycles. The fraction of sp³-hybridized carbons (Fsp3) is 0.500. The minimum atomic E-state index is -0.591. The van der Waals surface area contributed by atoms with Gasteiger partial charge in [-0.2, -0.15) is 0 Å². The van der Waals surface area contributed by atoms with Crippen LogP contribution in [-0.4, -0.2) is 13.9 Å². The zero-order valence-electron chi connectivity index (χ0n) is 4.15. The normalized spacial score (nSPS) is 9.17. The van der Waals surface area contributed by atoms with Crippen LogP contribution in [0.15, 0.2) is 12.0 Å². The van der Waals surface area contributed by atoms with Gasteiger partial charge in [-0.05, 0) is 0 Å². The van der Waals surface area contributed by atoms with E-state index in [9.17, 15) is 0 Å². The minimum Gasteiger partial charge on any atom is -0.518 e. The molecule has 2 heteroatoms. The predicted octanol–water partition coefficient (Wildman–Crippen LogP) is 1.35. The summed E-state index contributed by atoms with van der Waals surface area (Å²) in [5.74, 6) is 0. The maximum Gasteiger partial charge on any atom is 0.125 e. The van der Waals surface area contributed by atoms with Crippen molar-refractivity contribution in [3.8, 4) is 0 Å². The standard InChI is InChI=1S/C4H9OSi/c1-4(5)6(2)3/h5H,1H2,2-3H3. The quantitative estimate of drug-likeness (QED) is 0.390. The average Bonchev–Trinajstić information content (AvgIpc) is 1.36. The van der Waals surface area contributed by atoms with Crippen LogP contribution in [0.25, 0.3) is 0 Å². The Balaban J connectivity index is 3.26. The molecule has 0 spiro atoms. The Morgan fingerprint density at radius 2 is 1.83 bits per heavy atom. The molecule has 0 amide bonds. The maximum atomic E-state index is 8.48. The largest absolute Gasteiger partial charge is 0.518 e. The van der Waals surface area contributed by atoms with E-state index in [1.54, 1.807) is 0 Å². The lowest BCUT2D eigenvalue weighted by Crippen LogP contribution is -2.01. The second-order valence-electron chi connectivity index (χ2n) is 1.45. The summed E-state index contributed by atoms with van der Waals surface area (Å²) in [7, 11) is -0.591. The van der Waals surface area contributed by atoms with Gasteiger partial charge in [0.1, 0.15) is 8.80 Å². The first kappa shape index (κ1) is 5.76. The summed E-state index contributed by atoms with van der Waals surface area (Å²) in [4.78, 5) is 0. The molecule has 0 fully saturated rings. The van der Waals surface area contributed by atoms with Gasteiger partial charge in [-0.15, -0.1) is 0 Å². The molecule has 0 aromatic rings. The Kier molecular flexibility index (Phi) is 1.94. The molecule has 1 nitrogen and oxygen atoms in total. The number of hydrogen-bond donors (Lipinski definition) is 1. The number of rotatable bonds is 1. The third-order valence-electron chi connectivity index (χ3n) is 0.577. The summed E-state index contributed by atoms with van der Waals surface area (Å²) in [5.41, 5.74) is 0. The average molecular weight is 101 g/mol. The summed E-state index contributed by atoms with van der Waals surface area (Å²) >= 11 is 0. The first-order valence-electron chi connectivity index (χ1n) is 1.83. The highest BCUT2D eigenvalue weighted by Crippen LogP contribution is 1.87. The minimum absolute atomic E-state index is 0.361. The van der Waals surface area contributed by atoms with Gasteiger partial charge in [0.15, 0.2) is 0 Å². The number of hydrogen-bond acceptors (Lipinski definition) is 1. The van der Waals surface area contributed by atoms with Crippen molar-refractivity contribution in [3.05, 3.63) is 12.0 Å². The maximum absolute atomic E-state index is 8.48. The van der Waals surface area contributed by atoms with E-state index in [-0.39, 0.29) is 0 Å². The van der Waals surface area contributed by atoms with Gasteiger partial charge < -0.3 is 5.11 Å². The molecular formula is C4H9OSi. The molecule has 0 bridgehead atoms. The van der Waals surface area contributed by atoms with Gasteiger partial charge in [0, 0.05) is 0 Å². The number of aliphatic hydroxyl groups excluding tert-OH is 1. The molecule has 0 rings (SSSR count). The highest BCUT2D eigenvalue weighted by Gasteiger charge is 1.94. The zero-order valence-corrected chi connectivity index (χ0v) is 5.15. The van der Waals surface area contributed by atoms with Gasteiger partial charge in [-0.1, -0.05) is 19.7 Å². The lowest BCUT2D eigenvalue weighted by molar-refractivity contribution is 0.450. The summed E-state index contributed by atoms with van der Waals surface area (Å²) < 4.78 is 0. The lowest BCUT2D eigenvalue weighted by atomic mass is 11.2. The first-order chi connectivity index (χ1) is 2.64. The van der Waals surface area contributed by atoms with Crippen LogP contribution in [0.4, 0.5) is 0 Å². The van der Waals surface area contributed by atoms with Crippen molar-refractivity contribution >= 4 is 8.80 Å². The van der Waals surface area contributed by atoms with Crippen LogP contribution in [0, 0.1) is 0 Å². The summed E-state index contributed by atoms with van der Waals surface area (Å²) in [6.07, 6.45) is 0. The Labute approximate surface area is 39.9 Å². The third kappa shape index (κ3) is 2.02. The van der Waals surface area contributed by atoms with E-state index in [0.717, 1.165) is 0 Å². The van der Waals surface area contributed by atoms with Crippen LogP contribution in [0.1, 0.15) is 0 Å². The summed E-state index contributed by atoms with van der Waals surface area (Å²) in [5, 5.41) is 8.84. The smallest absolute Gasteiger partial charge is 0.125 e.